The van der Waals surface area contributed by atoms with Crippen LogP contribution in [0, 0.1) is 0 Å². The van der Waals surface area contributed by atoms with E-state index in [0.29, 0.717) is 24.9 Å². The Balaban J connectivity index is 1.18. The number of nitrogens with zero attached hydrogens (tertiary/aromatic N) is 6. The molecular weight excluding hydrogens is 468 g/mol. The van der Waals surface area contributed by atoms with E-state index in [-0.39, 0.29) is 5.56 Å². The molecule has 5 rings (SSSR count). The van der Waals surface area contributed by atoms with Crippen LogP contribution in [0.4, 0.5) is 0 Å². The average molecular weight is 487 g/mol. The Hall–Kier alpha value is -2.40. The molecule has 1 aliphatic rings. The van der Waals surface area contributed by atoms with E-state index >= 15 is 0 Å². The van der Waals surface area contributed by atoms with E-state index in [2.05, 4.69) is 40.9 Å². The summed E-state index contributed by atoms with van der Waals surface area (Å²) in [5.74, 6) is 1.14. The molecule has 0 spiro atoms. The molecule has 0 radical (unpaired) electrons. The van der Waals surface area contributed by atoms with Crippen LogP contribution < -0.4 is 5.56 Å². The van der Waals surface area contributed by atoms with E-state index in [1.165, 1.54) is 11.3 Å². The monoisotopic (exact) mass is 486 g/mol. The van der Waals surface area contributed by atoms with Crippen LogP contribution in [-0.2, 0) is 13.1 Å². The van der Waals surface area contributed by atoms with Crippen molar-refractivity contribution in [2.24, 2.45) is 0 Å². The first-order valence-corrected chi connectivity index (χ1v) is 11.3. The average Bonchev–Trinajstić information content (AvgIpc) is 3.40. The van der Waals surface area contributed by atoms with E-state index in [1.54, 1.807) is 16.7 Å². The normalized spacial score (nSPS) is 15.8. The van der Waals surface area contributed by atoms with Crippen molar-refractivity contribution < 1.29 is 4.42 Å². The third kappa shape index (κ3) is 4.08. The second-order valence-corrected chi connectivity index (χ2v) is 8.90. The SMILES string of the molecule is O=c1cc(CN2CCN(Cc3nnc(-c4ccccc4Br)o3)CC2)nc2sccn12. The lowest BCUT2D eigenvalue weighted by atomic mass is 10.2. The molecule has 10 heteroatoms. The first-order valence-electron chi connectivity index (χ1n) is 9.63. The molecule has 0 bridgehead atoms. The molecule has 4 heterocycles. The zero-order chi connectivity index (χ0) is 20.5. The summed E-state index contributed by atoms with van der Waals surface area (Å²) in [4.78, 5) is 22.1. The number of benzene rings is 1. The number of halogens is 1. The summed E-state index contributed by atoms with van der Waals surface area (Å²) in [6.07, 6.45) is 1.76. The van der Waals surface area contributed by atoms with Crippen LogP contribution in [0.15, 0.2) is 55.6 Å². The van der Waals surface area contributed by atoms with Gasteiger partial charge in [-0.3, -0.25) is 19.0 Å². The standard InChI is InChI=1S/C20H19BrN6O2S/c21-16-4-2-1-3-15(16)19-24-23-17(29-19)13-26-7-5-25(6-8-26)12-14-11-18(28)27-9-10-30-20(27)22-14/h1-4,9-11H,5-8,12-13H2. The largest absolute Gasteiger partial charge is 0.419 e. The van der Waals surface area contributed by atoms with Crippen LogP contribution in [0.1, 0.15) is 11.6 Å². The van der Waals surface area contributed by atoms with Crippen molar-refractivity contribution in [1.29, 1.82) is 0 Å². The van der Waals surface area contributed by atoms with Gasteiger partial charge in [-0.2, -0.15) is 0 Å². The van der Waals surface area contributed by atoms with E-state index in [0.717, 1.165) is 46.9 Å². The fraction of sp³-hybridized carbons (Fsp3) is 0.300. The number of thiazole rings is 1. The Labute approximate surface area is 184 Å². The maximum Gasteiger partial charge on any atom is 0.258 e. The molecule has 8 nitrogen and oxygen atoms in total. The van der Waals surface area contributed by atoms with Crippen molar-refractivity contribution in [3.63, 3.8) is 0 Å². The van der Waals surface area contributed by atoms with Gasteiger partial charge in [0.2, 0.25) is 11.8 Å². The predicted molar refractivity (Wildman–Crippen MR) is 117 cm³/mol. The molecule has 3 aromatic heterocycles. The van der Waals surface area contributed by atoms with Gasteiger partial charge in [0.1, 0.15) is 0 Å². The summed E-state index contributed by atoms with van der Waals surface area (Å²) < 4.78 is 8.38. The Kier molecular flexibility index (Phi) is 5.47. The maximum absolute atomic E-state index is 12.2. The van der Waals surface area contributed by atoms with Crippen molar-refractivity contribution in [1.82, 2.24) is 29.4 Å². The lowest BCUT2D eigenvalue weighted by Gasteiger charge is -2.33. The number of hydrogen-bond donors (Lipinski definition) is 0. The van der Waals surface area contributed by atoms with Crippen LogP contribution in [0.3, 0.4) is 0 Å². The summed E-state index contributed by atoms with van der Waals surface area (Å²) in [6.45, 7) is 4.91. The Morgan fingerprint density at radius 3 is 2.63 bits per heavy atom. The second kappa shape index (κ2) is 8.38. The van der Waals surface area contributed by atoms with Crippen molar-refractivity contribution in [3.8, 4) is 11.5 Å². The maximum atomic E-state index is 12.2. The van der Waals surface area contributed by atoms with Gasteiger partial charge in [0.05, 0.1) is 17.8 Å². The summed E-state index contributed by atoms with van der Waals surface area (Å²) in [6, 6.07) is 9.44. The molecule has 30 heavy (non-hydrogen) atoms. The molecule has 0 saturated carbocycles. The lowest BCUT2D eigenvalue weighted by Crippen LogP contribution is -2.45. The zero-order valence-corrected chi connectivity index (χ0v) is 18.5. The number of fused-ring (bicyclic) bond motifs is 1. The van der Waals surface area contributed by atoms with Gasteiger partial charge in [0.15, 0.2) is 4.96 Å². The highest BCUT2D eigenvalue weighted by Crippen LogP contribution is 2.27. The highest BCUT2D eigenvalue weighted by atomic mass is 79.9. The highest BCUT2D eigenvalue weighted by molar-refractivity contribution is 9.10. The molecule has 0 unspecified atom stereocenters. The zero-order valence-electron chi connectivity index (χ0n) is 16.1. The van der Waals surface area contributed by atoms with Crippen molar-refractivity contribution in [2.45, 2.75) is 13.1 Å². The fourth-order valence-electron chi connectivity index (χ4n) is 3.56. The third-order valence-electron chi connectivity index (χ3n) is 5.14. The molecular formula is C20H19BrN6O2S. The van der Waals surface area contributed by atoms with Crippen LogP contribution in [0.5, 0.6) is 0 Å². The van der Waals surface area contributed by atoms with Crippen LogP contribution in [0.2, 0.25) is 0 Å². The molecule has 1 fully saturated rings. The van der Waals surface area contributed by atoms with Gasteiger partial charge in [0, 0.05) is 54.8 Å². The van der Waals surface area contributed by atoms with Gasteiger partial charge >= 0.3 is 0 Å². The van der Waals surface area contributed by atoms with Crippen molar-refractivity contribution in [2.75, 3.05) is 26.2 Å². The van der Waals surface area contributed by atoms with Crippen LogP contribution >= 0.6 is 27.3 Å². The van der Waals surface area contributed by atoms with E-state index < -0.39 is 0 Å². The minimum atomic E-state index is -0.0212. The van der Waals surface area contributed by atoms with Gasteiger partial charge in [0.25, 0.3) is 5.56 Å². The number of hydrogen-bond acceptors (Lipinski definition) is 8. The molecule has 4 aromatic rings. The molecule has 0 N–H and O–H groups in total. The van der Waals surface area contributed by atoms with Gasteiger partial charge < -0.3 is 4.42 Å². The summed E-state index contributed by atoms with van der Waals surface area (Å²) in [5, 5.41) is 10.3. The lowest BCUT2D eigenvalue weighted by molar-refractivity contribution is 0.114. The summed E-state index contributed by atoms with van der Waals surface area (Å²) in [5.41, 5.74) is 1.70. The fourth-order valence-corrected chi connectivity index (χ4v) is 4.75. The molecule has 0 atom stereocenters. The third-order valence-corrected chi connectivity index (χ3v) is 6.58. The van der Waals surface area contributed by atoms with Gasteiger partial charge in [-0.25, -0.2) is 4.98 Å². The van der Waals surface area contributed by atoms with Crippen LogP contribution in [-0.4, -0.2) is 55.6 Å². The number of rotatable bonds is 5. The molecule has 0 amide bonds. The molecule has 1 aromatic carbocycles. The highest BCUT2D eigenvalue weighted by Gasteiger charge is 2.20. The van der Waals surface area contributed by atoms with Gasteiger partial charge in [-0.1, -0.05) is 12.1 Å². The smallest absolute Gasteiger partial charge is 0.258 e. The molecule has 154 valence electrons. The minimum absolute atomic E-state index is 0.0212. The quantitative estimate of drug-likeness (QED) is 0.428. The minimum Gasteiger partial charge on any atom is -0.419 e. The Morgan fingerprint density at radius 1 is 1.07 bits per heavy atom. The Bertz CT molecular complexity index is 1230. The second-order valence-electron chi connectivity index (χ2n) is 7.17. The topological polar surface area (TPSA) is 79.8 Å². The first-order chi connectivity index (χ1) is 14.7. The van der Waals surface area contributed by atoms with E-state index in [1.807, 2.05) is 29.6 Å². The first kappa shape index (κ1) is 19.6. The molecule has 0 aliphatic carbocycles. The van der Waals surface area contributed by atoms with Gasteiger partial charge in [-0.15, -0.1) is 21.5 Å². The summed E-state index contributed by atoms with van der Waals surface area (Å²) in [7, 11) is 0. The Morgan fingerprint density at radius 2 is 1.83 bits per heavy atom. The number of piperazine rings is 1. The molecule has 1 saturated heterocycles. The molecule has 1 aliphatic heterocycles. The van der Waals surface area contributed by atoms with Crippen molar-refractivity contribution in [3.05, 3.63) is 68.3 Å². The van der Waals surface area contributed by atoms with E-state index in [9.17, 15) is 4.79 Å². The van der Waals surface area contributed by atoms with Crippen molar-refractivity contribution >= 4 is 32.2 Å². The summed E-state index contributed by atoms with van der Waals surface area (Å²) >= 11 is 5.00. The van der Waals surface area contributed by atoms with Crippen LogP contribution in [0.25, 0.3) is 16.4 Å². The van der Waals surface area contributed by atoms with Gasteiger partial charge in [-0.05, 0) is 28.1 Å². The number of aromatic nitrogens is 4. The van der Waals surface area contributed by atoms with E-state index in [4.69, 9.17) is 4.42 Å². The predicted octanol–water partition coefficient (Wildman–Crippen LogP) is 2.89.